The Labute approximate surface area is 244 Å². The van der Waals surface area contributed by atoms with Crippen LogP contribution in [0.5, 0.6) is 5.75 Å². The van der Waals surface area contributed by atoms with E-state index in [4.69, 9.17) is 35.9 Å². The molecule has 2 aromatic heterocycles. The Morgan fingerprint density at radius 3 is 2.66 bits per heavy atom. The molecule has 1 fully saturated rings. The Hall–Kier alpha value is -3.88. The molecule has 0 aliphatic carbocycles. The summed E-state index contributed by atoms with van der Waals surface area (Å²) < 4.78 is 19.4. The number of hydrogen-bond acceptors (Lipinski definition) is 7. The number of esters is 1. The van der Waals surface area contributed by atoms with Gasteiger partial charge in [0.2, 0.25) is 0 Å². The number of piperidine rings is 1. The Morgan fingerprint density at radius 1 is 1.07 bits per heavy atom. The Balaban J connectivity index is 1.52. The molecule has 0 unspecified atom stereocenters. The minimum Gasteiger partial charge on any atom is -0.489 e. The van der Waals surface area contributed by atoms with Crippen LogP contribution in [0, 0.1) is 6.92 Å². The summed E-state index contributed by atoms with van der Waals surface area (Å²) in [6.45, 7) is 6.55. The van der Waals surface area contributed by atoms with Crippen LogP contribution in [0.25, 0.3) is 28.0 Å². The van der Waals surface area contributed by atoms with Crippen molar-refractivity contribution in [3.63, 3.8) is 0 Å². The molecule has 7 rings (SSSR count). The number of carbonyl (C=O) groups is 1. The molecule has 3 aliphatic rings. The minimum absolute atomic E-state index is 0.123. The highest BCUT2D eigenvalue weighted by atomic mass is 35.5. The van der Waals surface area contributed by atoms with E-state index in [1.165, 1.54) is 7.11 Å². The van der Waals surface area contributed by atoms with Gasteiger partial charge in [-0.1, -0.05) is 35.9 Å². The Bertz CT molecular complexity index is 1640. The maximum absolute atomic E-state index is 12.5. The van der Waals surface area contributed by atoms with Crippen molar-refractivity contribution in [1.29, 1.82) is 0 Å². The van der Waals surface area contributed by atoms with E-state index in [2.05, 4.69) is 17.9 Å². The first-order chi connectivity index (χ1) is 19.8. The summed E-state index contributed by atoms with van der Waals surface area (Å²) in [5.74, 6) is 1.32. The van der Waals surface area contributed by atoms with Gasteiger partial charge < -0.3 is 19.1 Å². The number of fused-ring (bicyclic) bond motifs is 6. The summed E-state index contributed by atoms with van der Waals surface area (Å²) >= 11 is 6.41. The van der Waals surface area contributed by atoms with Gasteiger partial charge in [-0.05, 0) is 62.6 Å². The zero-order chi connectivity index (χ0) is 28.6. The van der Waals surface area contributed by atoms with E-state index in [9.17, 15) is 4.79 Å². The van der Waals surface area contributed by atoms with Gasteiger partial charge in [-0.3, -0.25) is 4.79 Å². The Kier molecular flexibility index (Phi) is 7.45. The molecule has 6 bridgehead atoms. The number of carbonyl (C=O) groups excluding carboxylic acids is 1. The van der Waals surface area contributed by atoms with Crippen LogP contribution in [0.2, 0.25) is 5.02 Å². The van der Waals surface area contributed by atoms with Gasteiger partial charge in [-0.25, -0.2) is 4.98 Å². The van der Waals surface area contributed by atoms with Gasteiger partial charge in [-0.15, -0.1) is 0 Å². The second-order valence-electron chi connectivity index (χ2n) is 10.8. The van der Waals surface area contributed by atoms with Crippen LogP contribution in [0.4, 0.5) is 5.82 Å². The number of nitrogens with zero attached hydrogens (tertiary/aromatic N) is 4. The molecule has 0 saturated carbocycles. The average Bonchev–Trinajstić information content (AvgIpc) is 3.39. The topological polar surface area (TPSA) is 78.2 Å². The third-order valence-corrected chi connectivity index (χ3v) is 8.23. The molecule has 3 aliphatic heterocycles. The van der Waals surface area contributed by atoms with Crippen LogP contribution < -0.4 is 9.64 Å². The van der Waals surface area contributed by atoms with Crippen molar-refractivity contribution < 1.29 is 19.0 Å². The zero-order valence-electron chi connectivity index (χ0n) is 23.5. The molecule has 0 radical (unpaired) electrons. The molecule has 1 saturated heterocycles. The number of rotatable bonds is 2. The van der Waals surface area contributed by atoms with Gasteiger partial charge in [0.1, 0.15) is 18.2 Å². The predicted molar refractivity (Wildman–Crippen MR) is 160 cm³/mol. The summed E-state index contributed by atoms with van der Waals surface area (Å²) in [6.07, 6.45) is 5.79. The fraction of sp³-hybridized carbons (Fsp3) is 0.344. The normalized spacial score (nSPS) is 17.3. The van der Waals surface area contributed by atoms with Gasteiger partial charge in [0.05, 0.1) is 31.4 Å². The lowest BCUT2D eigenvalue weighted by Gasteiger charge is -2.40. The van der Waals surface area contributed by atoms with Crippen molar-refractivity contribution in [2.45, 2.75) is 38.7 Å². The molecule has 0 spiro atoms. The molecule has 0 atom stereocenters. The van der Waals surface area contributed by atoms with Crippen molar-refractivity contribution >= 4 is 29.0 Å². The van der Waals surface area contributed by atoms with Crippen molar-refractivity contribution in [1.82, 2.24) is 14.6 Å². The lowest BCUT2D eigenvalue weighted by Crippen LogP contribution is -2.45. The number of benzene rings is 2. The maximum atomic E-state index is 12.5. The van der Waals surface area contributed by atoms with E-state index in [-0.39, 0.29) is 18.0 Å². The standard InChI is InChI=1S/C32H33ClN4O4/c1-21-25(19-30(38)39-3)31-36-13-11-32(2,12-14-36)41-16-5-4-15-40-28-10-9-24(33)18-26(28)22-7-6-8-23(17-22)27-20-29(34-21)37(31)35-27/h4-10,17-18,20H,11-16,19H2,1-3H3/b5-4+. The number of aryl methyl sites for hydroxylation is 1. The van der Waals surface area contributed by atoms with E-state index in [0.717, 1.165) is 76.8 Å². The molecule has 0 N–H and O–H groups in total. The van der Waals surface area contributed by atoms with Crippen LogP contribution in [-0.4, -0.2) is 59.6 Å². The highest BCUT2D eigenvalue weighted by Crippen LogP contribution is 2.37. The van der Waals surface area contributed by atoms with E-state index in [1.807, 2.05) is 66.1 Å². The van der Waals surface area contributed by atoms with Crippen LogP contribution >= 0.6 is 11.6 Å². The number of aromatic nitrogens is 3. The summed E-state index contributed by atoms with van der Waals surface area (Å²) in [4.78, 5) is 19.6. The average molecular weight is 573 g/mol. The smallest absolute Gasteiger partial charge is 0.310 e. The minimum atomic E-state index is -0.308. The van der Waals surface area contributed by atoms with Crippen LogP contribution in [0.3, 0.4) is 0 Å². The first kappa shape index (κ1) is 27.3. The number of halogens is 1. The van der Waals surface area contributed by atoms with E-state index in [0.29, 0.717) is 18.2 Å². The largest absolute Gasteiger partial charge is 0.489 e. The van der Waals surface area contributed by atoms with Crippen LogP contribution in [0.1, 0.15) is 31.0 Å². The maximum Gasteiger partial charge on any atom is 0.310 e. The van der Waals surface area contributed by atoms with Crippen LogP contribution in [-0.2, 0) is 20.7 Å². The third-order valence-electron chi connectivity index (χ3n) is 7.99. The van der Waals surface area contributed by atoms with Crippen molar-refractivity contribution in [2.24, 2.45) is 0 Å². The fourth-order valence-corrected chi connectivity index (χ4v) is 5.76. The van der Waals surface area contributed by atoms with Crippen LogP contribution in [0.15, 0.2) is 60.7 Å². The van der Waals surface area contributed by atoms with Crippen molar-refractivity contribution in [3.05, 3.63) is 77.0 Å². The third kappa shape index (κ3) is 5.54. The molecule has 2 aromatic carbocycles. The van der Waals surface area contributed by atoms with Gasteiger partial charge in [0, 0.05) is 46.6 Å². The number of hydrogen-bond donors (Lipinski definition) is 0. The first-order valence-corrected chi connectivity index (χ1v) is 14.2. The van der Waals surface area contributed by atoms with Crippen molar-refractivity contribution in [3.8, 4) is 28.1 Å². The molecule has 8 nitrogen and oxygen atoms in total. The van der Waals surface area contributed by atoms with Crippen molar-refractivity contribution in [2.75, 3.05) is 38.3 Å². The Morgan fingerprint density at radius 2 is 1.85 bits per heavy atom. The number of ether oxygens (including phenoxy) is 3. The number of methoxy groups -OCH3 is 1. The van der Waals surface area contributed by atoms with Gasteiger partial charge >= 0.3 is 5.97 Å². The van der Waals surface area contributed by atoms with E-state index in [1.54, 1.807) is 0 Å². The molecule has 5 heterocycles. The molecule has 0 amide bonds. The summed E-state index contributed by atoms with van der Waals surface area (Å²) in [5, 5.41) is 5.68. The van der Waals surface area contributed by atoms with Gasteiger partial charge in [0.25, 0.3) is 0 Å². The number of anilines is 1. The highest BCUT2D eigenvalue weighted by Gasteiger charge is 2.33. The molecular formula is C32H33ClN4O4. The second-order valence-corrected chi connectivity index (χ2v) is 11.2. The van der Waals surface area contributed by atoms with E-state index < -0.39 is 0 Å². The zero-order valence-corrected chi connectivity index (χ0v) is 24.3. The first-order valence-electron chi connectivity index (χ1n) is 13.9. The molecule has 9 heteroatoms. The summed E-state index contributed by atoms with van der Waals surface area (Å²) in [7, 11) is 1.41. The lowest BCUT2D eigenvalue weighted by molar-refractivity contribution is -0.139. The van der Waals surface area contributed by atoms with Gasteiger partial charge in [-0.2, -0.15) is 9.61 Å². The highest BCUT2D eigenvalue weighted by molar-refractivity contribution is 6.31. The summed E-state index contributed by atoms with van der Waals surface area (Å²) in [5.41, 5.74) is 5.67. The predicted octanol–water partition coefficient (Wildman–Crippen LogP) is 6.06. The van der Waals surface area contributed by atoms with Gasteiger partial charge in [0.15, 0.2) is 5.65 Å². The molecule has 212 valence electrons. The molecule has 4 aromatic rings. The molecular weight excluding hydrogens is 540 g/mol. The lowest BCUT2D eigenvalue weighted by atomic mass is 9.93. The summed E-state index contributed by atoms with van der Waals surface area (Å²) in [6, 6.07) is 15.8. The second kappa shape index (κ2) is 11.2. The monoisotopic (exact) mass is 572 g/mol. The van der Waals surface area contributed by atoms with E-state index >= 15 is 0 Å². The molecule has 41 heavy (non-hydrogen) atoms. The fourth-order valence-electron chi connectivity index (χ4n) is 5.58. The quantitative estimate of drug-likeness (QED) is 0.213. The SMILES string of the molecule is COC(=O)Cc1c(C)nc2cc3nn2c1N1CCC(C)(CC1)OC/C=C/COc1ccc(Cl)cc1-c1cccc-3c1.